The number of rotatable bonds is 0. The number of benzene rings is 1. The molecule has 0 unspecified atom stereocenters. The average Bonchev–Trinajstić information content (AvgIpc) is 2.61. The van der Waals surface area contributed by atoms with Gasteiger partial charge in [0.1, 0.15) is 0 Å². The van der Waals surface area contributed by atoms with E-state index >= 15 is 0 Å². The number of hydrogen-bond acceptors (Lipinski definition) is 4. The van der Waals surface area contributed by atoms with Gasteiger partial charge in [-0.05, 0) is 12.1 Å². The van der Waals surface area contributed by atoms with E-state index in [2.05, 4.69) is 9.97 Å². The predicted octanol–water partition coefficient (Wildman–Crippen LogP) is 1.17. The molecule has 2 aromatic heterocycles. The van der Waals surface area contributed by atoms with Gasteiger partial charge in [-0.15, -0.1) is 0 Å². The standard InChI is InChI=1S/C10H8N4O/c11-9-10-13-8(15)5-14(10)7-4-2-1-3-6(7)12-9/h1-5,15H,(H2,11,12). The van der Waals surface area contributed by atoms with E-state index in [1.165, 1.54) is 6.20 Å². The average molecular weight is 200 g/mol. The zero-order valence-corrected chi connectivity index (χ0v) is 7.75. The van der Waals surface area contributed by atoms with Crippen molar-refractivity contribution in [1.82, 2.24) is 14.4 Å². The summed E-state index contributed by atoms with van der Waals surface area (Å²) in [7, 11) is 0. The van der Waals surface area contributed by atoms with Crippen LogP contribution in [0, 0.1) is 0 Å². The van der Waals surface area contributed by atoms with Gasteiger partial charge in [-0.3, -0.25) is 4.40 Å². The van der Waals surface area contributed by atoms with Crippen molar-refractivity contribution in [3.8, 4) is 5.88 Å². The summed E-state index contributed by atoms with van der Waals surface area (Å²) in [5.74, 6) is 0.258. The minimum absolute atomic E-state index is 0.0557. The van der Waals surface area contributed by atoms with Crippen LogP contribution in [-0.2, 0) is 0 Å². The smallest absolute Gasteiger partial charge is 0.230 e. The molecule has 0 aliphatic carbocycles. The van der Waals surface area contributed by atoms with Gasteiger partial charge in [0.05, 0.1) is 17.2 Å². The zero-order chi connectivity index (χ0) is 10.4. The molecule has 5 nitrogen and oxygen atoms in total. The van der Waals surface area contributed by atoms with Gasteiger partial charge < -0.3 is 10.8 Å². The lowest BCUT2D eigenvalue weighted by molar-refractivity contribution is 0.457. The Morgan fingerprint density at radius 3 is 2.87 bits per heavy atom. The Labute approximate surface area is 84.8 Å². The fraction of sp³-hybridized carbons (Fsp3) is 0. The lowest BCUT2D eigenvalue weighted by atomic mass is 10.3. The molecule has 1 aromatic carbocycles. The highest BCUT2D eigenvalue weighted by Gasteiger charge is 2.08. The van der Waals surface area contributed by atoms with Gasteiger partial charge >= 0.3 is 0 Å². The molecule has 3 aromatic rings. The summed E-state index contributed by atoms with van der Waals surface area (Å²) in [6.45, 7) is 0. The van der Waals surface area contributed by atoms with Crippen molar-refractivity contribution in [2.75, 3.05) is 5.73 Å². The van der Waals surface area contributed by atoms with Crippen LogP contribution in [0.4, 0.5) is 5.82 Å². The molecule has 2 heterocycles. The molecule has 0 radical (unpaired) electrons. The van der Waals surface area contributed by atoms with E-state index in [-0.39, 0.29) is 5.88 Å². The number of nitrogen functional groups attached to an aromatic ring is 1. The van der Waals surface area contributed by atoms with Crippen LogP contribution < -0.4 is 5.73 Å². The van der Waals surface area contributed by atoms with Crippen molar-refractivity contribution in [2.45, 2.75) is 0 Å². The van der Waals surface area contributed by atoms with Crippen LogP contribution >= 0.6 is 0 Å². The first-order valence-electron chi connectivity index (χ1n) is 4.48. The highest BCUT2D eigenvalue weighted by atomic mass is 16.3. The number of para-hydroxylation sites is 2. The van der Waals surface area contributed by atoms with Crippen molar-refractivity contribution >= 4 is 22.5 Å². The quantitative estimate of drug-likeness (QED) is 0.571. The van der Waals surface area contributed by atoms with Gasteiger partial charge in [-0.2, -0.15) is 4.98 Å². The van der Waals surface area contributed by atoms with Gasteiger partial charge in [0.25, 0.3) is 0 Å². The first-order valence-corrected chi connectivity index (χ1v) is 4.48. The maximum absolute atomic E-state index is 9.32. The van der Waals surface area contributed by atoms with Crippen molar-refractivity contribution in [2.24, 2.45) is 0 Å². The molecule has 0 aliphatic heterocycles. The van der Waals surface area contributed by atoms with E-state index < -0.39 is 0 Å². The van der Waals surface area contributed by atoms with Crippen LogP contribution in [0.1, 0.15) is 0 Å². The molecule has 3 N–H and O–H groups in total. The van der Waals surface area contributed by atoms with E-state index in [0.29, 0.717) is 11.5 Å². The summed E-state index contributed by atoms with van der Waals surface area (Å²) < 4.78 is 1.73. The Morgan fingerprint density at radius 2 is 2.00 bits per heavy atom. The van der Waals surface area contributed by atoms with Crippen LogP contribution in [0.2, 0.25) is 0 Å². The van der Waals surface area contributed by atoms with Gasteiger partial charge in [0.15, 0.2) is 11.5 Å². The topological polar surface area (TPSA) is 76.4 Å². The van der Waals surface area contributed by atoms with Crippen LogP contribution in [0.15, 0.2) is 30.5 Å². The summed E-state index contributed by atoms with van der Waals surface area (Å²) in [6, 6.07) is 7.55. The Balaban J connectivity index is 2.63. The predicted molar refractivity (Wildman–Crippen MR) is 56.6 cm³/mol. The normalized spacial score (nSPS) is 11.2. The third-order valence-electron chi connectivity index (χ3n) is 2.30. The summed E-state index contributed by atoms with van der Waals surface area (Å²) >= 11 is 0. The molecule has 3 rings (SSSR count). The molecule has 74 valence electrons. The van der Waals surface area contributed by atoms with Crippen molar-refractivity contribution in [3.05, 3.63) is 30.5 Å². The number of hydrogen-bond donors (Lipinski definition) is 2. The van der Waals surface area contributed by atoms with Crippen molar-refractivity contribution in [3.63, 3.8) is 0 Å². The second-order valence-electron chi connectivity index (χ2n) is 3.28. The molecule has 0 fully saturated rings. The lowest BCUT2D eigenvalue weighted by Crippen LogP contribution is -1.97. The van der Waals surface area contributed by atoms with Crippen LogP contribution in [0.25, 0.3) is 16.7 Å². The number of nitrogens with zero attached hydrogens (tertiary/aromatic N) is 3. The first kappa shape index (κ1) is 8.05. The summed E-state index contributed by atoms with van der Waals surface area (Å²) in [4.78, 5) is 8.09. The van der Waals surface area contributed by atoms with E-state index in [1.54, 1.807) is 4.40 Å². The first-order chi connectivity index (χ1) is 7.25. The van der Waals surface area contributed by atoms with Gasteiger partial charge in [0.2, 0.25) is 5.88 Å². The maximum Gasteiger partial charge on any atom is 0.230 e. The molecule has 0 saturated carbocycles. The van der Waals surface area contributed by atoms with Crippen LogP contribution in [0.5, 0.6) is 5.88 Å². The fourth-order valence-corrected chi connectivity index (χ4v) is 1.67. The summed E-state index contributed by atoms with van der Waals surface area (Å²) in [5.41, 5.74) is 7.86. The Morgan fingerprint density at radius 1 is 1.20 bits per heavy atom. The Hall–Kier alpha value is -2.30. The second kappa shape index (κ2) is 2.60. The van der Waals surface area contributed by atoms with E-state index in [9.17, 15) is 5.11 Å². The summed E-state index contributed by atoms with van der Waals surface area (Å²) in [5, 5.41) is 9.32. The highest BCUT2D eigenvalue weighted by molar-refractivity contribution is 5.82. The number of nitrogens with two attached hydrogens (primary N) is 1. The number of aromatic nitrogens is 3. The Kier molecular flexibility index (Phi) is 1.39. The molecular formula is C10H8N4O. The third kappa shape index (κ3) is 1.03. The largest absolute Gasteiger partial charge is 0.492 e. The number of anilines is 1. The molecule has 15 heavy (non-hydrogen) atoms. The lowest BCUT2D eigenvalue weighted by Gasteiger charge is -2.02. The molecule has 0 saturated heterocycles. The SMILES string of the molecule is Nc1nc2ccccc2n2cc(O)nc12. The zero-order valence-electron chi connectivity index (χ0n) is 7.75. The van der Waals surface area contributed by atoms with Gasteiger partial charge in [-0.25, -0.2) is 4.98 Å². The third-order valence-corrected chi connectivity index (χ3v) is 2.30. The molecule has 0 aliphatic rings. The minimum Gasteiger partial charge on any atom is -0.492 e. The molecule has 0 spiro atoms. The maximum atomic E-state index is 9.32. The molecular weight excluding hydrogens is 192 g/mol. The molecule has 0 atom stereocenters. The second-order valence-corrected chi connectivity index (χ2v) is 3.28. The molecule has 5 heteroatoms. The fourth-order valence-electron chi connectivity index (χ4n) is 1.67. The van der Waals surface area contributed by atoms with Crippen molar-refractivity contribution in [1.29, 1.82) is 0 Å². The van der Waals surface area contributed by atoms with Crippen LogP contribution in [0.3, 0.4) is 0 Å². The monoisotopic (exact) mass is 200 g/mol. The van der Waals surface area contributed by atoms with Gasteiger partial charge in [-0.1, -0.05) is 12.1 Å². The van der Waals surface area contributed by atoms with E-state index in [1.807, 2.05) is 24.3 Å². The van der Waals surface area contributed by atoms with Crippen LogP contribution in [-0.4, -0.2) is 19.5 Å². The number of aromatic hydroxyl groups is 1. The minimum atomic E-state index is -0.0557. The Bertz CT molecular complexity index is 659. The van der Waals surface area contributed by atoms with E-state index in [4.69, 9.17) is 5.73 Å². The number of imidazole rings is 1. The summed E-state index contributed by atoms with van der Waals surface area (Å²) in [6.07, 6.45) is 1.52. The number of fused-ring (bicyclic) bond motifs is 3. The van der Waals surface area contributed by atoms with Crippen molar-refractivity contribution < 1.29 is 5.11 Å². The van der Waals surface area contributed by atoms with Gasteiger partial charge in [0, 0.05) is 0 Å². The molecule has 0 bridgehead atoms. The van der Waals surface area contributed by atoms with E-state index in [0.717, 1.165) is 11.0 Å². The highest BCUT2D eigenvalue weighted by Crippen LogP contribution is 2.21. The molecule has 0 amide bonds.